The number of nitrogens with one attached hydrogen (secondary N) is 1. The maximum absolute atomic E-state index is 5.08. The smallest absolute Gasteiger partial charge is 0.0955 e. The van der Waals surface area contributed by atoms with Crippen molar-refractivity contribution in [3.05, 3.63) is 53.5 Å². The minimum Gasteiger partial charge on any atom is -0.472 e. The lowest BCUT2D eigenvalue weighted by Crippen LogP contribution is -2.05. The van der Waals surface area contributed by atoms with Crippen LogP contribution >= 0.6 is 0 Å². The Hall–Kier alpha value is -1.70. The summed E-state index contributed by atoms with van der Waals surface area (Å²) in [5.41, 5.74) is 4.95. The Morgan fingerprint density at radius 2 is 1.94 bits per heavy atom. The normalized spacial score (nSPS) is 12.4. The van der Waals surface area contributed by atoms with Gasteiger partial charge < -0.3 is 9.73 Å². The third-order valence-corrected chi connectivity index (χ3v) is 2.93. The van der Waals surface area contributed by atoms with E-state index >= 15 is 0 Å². The maximum Gasteiger partial charge on any atom is 0.0955 e. The van der Waals surface area contributed by atoms with Crippen LogP contribution in [-0.2, 0) is 0 Å². The van der Waals surface area contributed by atoms with E-state index in [9.17, 15) is 0 Å². The van der Waals surface area contributed by atoms with Crippen LogP contribution in [0.2, 0.25) is 0 Å². The van der Waals surface area contributed by atoms with E-state index < -0.39 is 0 Å². The van der Waals surface area contributed by atoms with Crippen molar-refractivity contribution in [1.29, 1.82) is 0 Å². The number of rotatable bonds is 3. The van der Waals surface area contributed by atoms with Gasteiger partial charge in [-0.1, -0.05) is 6.07 Å². The predicted octanol–water partition coefficient (Wildman–Crippen LogP) is 4.07. The molecule has 84 valence electrons. The Kier molecular flexibility index (Phi) is 3.00. The summed E-state index contributed by atoms with van der Waals surface area (Å²) in [7, 11) is 0. The van der Waals surface area contributed by atoms with Crippen LogP contribution in [0.1, 0.15) is 29.7 Å². The molecule has 16 heavy (non-hydrogen) atoms. The van der Waals surface area contributed by atoms with E-state index in [1.165, 1.54) is 16.7 Å². The number of hydrogen-bond donors (Lipinski definition) is 1. The summed E-state index contributed by atoms with van der Waals surface area (Å²) >= 11 is 0. The number of benzene rings is 1. The van der Waals surface area contributed by atoms with Crippen LogP contribution in [0.4, 0.5) is 5.69 Å². The molecule has 0 saturated carbocycles. The Morgan fingerprint density at radius 3 is 2.56 bits per heavy atom. The quantitative estimate of drug-likeness (QED) is 0.834. The van der Waals surface area contributed by atoms with Crippen molar-refractivity contribution in [1.82, 2.24) is 0 Å². The zero-order chi connectivity index (χ0) is 11.5. The fourth-order valence-corrected chi connectivity index (χ4v) is 1.69. The van der Waals surface area contributed by atoms with Gasteiger partial charge in [0.05, 0.1) is 18.6 Å². The summed E-state index contributed by atoms with van der Waals surface area (Å²) in [5.74, 6) is 0. The Morgan fingerprint density at radius 1 is 1.12 bits per heavy atom. The van der Waals surface area contributed by atoms with Gasteiger partial charge in [0.25, 0.3) is 0 Å². The molecule has 0 spiro atoms. The maximum atomic E-state index is 5.08. The van der Waals surface area contributed by atoms with E-state index in [4.69, 9.17) is 4.42 Å². The van der Waals surface area contributed by atoms with E-state index in [2.05, 4.69) is 44.3 Å². The van der Waals surface area contributed by atoms with Gasteiger partial charge >= 0.3 is 0 Å². The average Bonchev–Trinajstić information content (AvgIpc) is 2.77. The van der Waals surface area contributed by atoms with Crippen LogP contribution in [0, 0.1) is 13.8 Å². The topological polar surface area (TPSA) is 25.2 Å². The second-order valence-corrected chi connectivity index (χ2v) is 4.22. The van der Waals surface area contributed by atoms with Gasteiger partial charge in [-0.15, -0.1) is 0 Å². The fraction of sp³-hybridized carbons (Fsp3) is 0.286. The van der Waals surface area contributed by atoms with Crippen molar-refractivity contribution in [2.75, 3.05) is 5.32 Å². The zero-order valence-electron chi connectivity index (χ0n) is 9.95. The van der Waals surface area contributed by atoms with Gasteiger partial charge in [0.2, 0.25) is 0 Å². The molecule has 2 rings (SSSR count). The van der Waals surface area contributed by atoms with Crippen LogP contribution in [0.3, 0.4) is 0 Å². The lowest BCUT2D eigenvalue weighted by Gasteiger charge is -2.14. The molecule has 1 aromatic carbocycles. The highest BCUT2D eigenvalue weighted by Gasteiger charge is 2.06. The molecule has 1 heterocycles. The first-order valence-electron chi connectivity index (χ1n) is 5.52. The molecule has 1 N–H and O–H groups in total. The Balaban J connectivity index is 2.12. The monoisotopic (exact) mass is 215 g/mol. The largest absolute Gasteiger partial charge is 0.472 e. The number of hydrogen-bond acceptors (Lipinski definition) is 2. The molecular weight excluding hydrogens is 198 g/mol. The minimum absolute atomic E-state index is 0.265. The Labute approximate surface area is 96.3 Å². The van der Waals surface area contributed by atoms with Crippen molar-refractivity contribution in [2.24, 2.45) is 0 Å². The predicted molar refractivity (Wildman–Crippen MR) is 66.7 cm³/mol. The lowest BCUT2D eigenvalue weighted by molar-refractivity contribution is 0.562. The molecule has 2 nitrogen and oxygen atoms in total. The first-order chi connectivity index (χ1) is 7.66. The summed E-state index contributed by atoms with van der Waals surface area (Å²) < 4.78 is 5.08. The third-order valence-electron chi connectivity index (χ3n) is 2.93. The standard InChI is InChI=1S/C14H17NO/c1-10-4-5-14(8-11(10)2)15-12(3)13-6-7-16-9-13/h4-9,12,15H,1-3H3. The van der Waals surface area contributed by atoms with Gasteiger partial charge in [-0.05, 0) is 50.1 Å². The summed E-state index contributed by atoms with van der Waals surface area (Å²) in [6.45, 7) is 6.38. The molecule has 0 radical (unpaired) electrons. The van der Waals surface area contributed by atoms with E-state index in [1.54, 1.807) is 12.5 Å². The van der Waals surface area contributed by atoms with Crippen LogP contribution in [0.25, 0.3) is 0 Å². The number of anilines is 1. The van der Waals surface area contributed by atoms with Gasteiger partial charge in [-0.2, -0.15) is 0 Å². The number of furan rings is 1. The molecule has 0 bridgehead atoms. The van der Waals surface area contributed by atoms with Gasteiger partial charge in [0.15, 0.2) is 0 Å². The molecule has 1 aromatic heterocycles. The lowest BCUT2D eigenvalue weighted by atomic mass is 10.1. The highest BCUT2D eigenvalue weighted by atomic mass is 16.3. The van der Waals surface area contributed by atoms with Crippen molar-refractivity contribution in [3.8, 4) is 0 Å². The summed E-state index contributed by atoms with van der Waals surface area (Å²) in [5, 5.41) is 3.45. The molecular formula is C14H17NO. The SMILES string of the molecule is Cc1ccc(NC(C)c2ccoc2)cc1C. The second-order valence-electron chi connectivity index (χ2n) is 4.22. The summed E-state index contributed by atoms with van der Waals surface area (Å²) in [6, 6.07) is 8.67. The van der Waals surface area contributed by atoms with E-state index in [1.807, 2.05) is 6.07 Å². The minimum atomic E-state index is 0.265. The van der Waals surface area contributed by atoms with Crippen molar-refractivity contribution >= 4 is 5.69 Å². The molecule has 0 aliphatic heterocycles. The van der Waals surface area contributed by atoms with Gasteiger partial charge in [-0.25, -0.2) is 0 Å². The van der Waals surface area contributed by atoms with Crippen LogP contribution in [0.15, 0.2) is 41.2 Å². The van der Waals surface area contributed by atoms with Crippen molar-refractivity contribution in [2.45, 2.75) is 26.8 Å². The first kappa shape index (κ1) is 10.8. The molecule has 1 unspecified atom stereocenters. The highest BCUT2D eigenvalue weighted by Crippen LogP contribution is 2.21. The molecule has 0 aliphatic rings. The van der Waals surface area contributed by atoms with E-state index in [0.29, 0.717) is 0 Å². The van der Waals surface area contributed by atoms with Gasteiger partial charge in [0, 0.05) is 11.3 Å². The van der Waals surface area contributed by atoms with Crippen molar-refractivity contribution < 1.29 is 4.42 Å². The van der Waals surface area contributed by atoms with Crippen molar-refractivity contribution in [3.63, 3.8) is 0 Å². The average molecular weight is 215 g/mol. The molecule has 0 fully saturated rings. The molecule has 0 aliphatic carbocycles. The Bertz CT molecular complexity index is 460. The van der Waals surface area contributed by atoms with Crippen LogP contribution in [-0.4, -0.2) is 0 Å². The van der Waals surface area contributed by atoms with Crippen LogP contribution < -0.4 is 5.32 Å². The van der Waals surface area contributed by atoms with Crippen LogP contribution in [0.5, 0.6) is 0 Å². The van der Waals surface area contributed by atoms with E-state index in [0.717, 1.165) is 5.69 Å². The van der Waals surface area contributed by atoms with Gasteiger partial charge in [-0.3, -0.25) is 0 Å². The van der Waals surface area contributed by atoms with Gasteiger partial charge in [0.1, 0.15) is 0 Å². The third kappa shape index (κ3) is 2.27. The highest BCUT2D eigenvalue weighted by molar-refractivity contribution is 5.49. The molecule has 0 saturated heterocycles. The molecule has 2 aromatic rings. The molecule has 1 atom stereocenters. The van der Waals surface area contributed by atoms with E-state index in [-0.39, 0.29) is 6.04 Å². The molecule has 2 heteroatoms. The summed E-state index contributed by atoms with van der Waals surface area (Å²) in [4.78, 5) is 0. The number of aryl methyl sites for hydroxylation is 2. The summed E-state index contributed by atoms with van der Waals surface area (Å²) in [6.07, 6.45) is 3.48. The fourth-order valence-electron chi connectivity index (χ4n) is 1.69. The second kappa shape index (κ2) is 4.44. The first-order valence-corrected chi connectivity index (χ1v) is 5.52. The zero-order valence-corrected chi connectivity index (χ0v) is 9.95. The molecule has 0 amide bonds.